The summed E-state index contributed by atoms with van der Waals surface area (Å²) in [6, 6.07) is 9.86. The molecule has 5 rings (SSSR count). The number of aromatic nitrogens is 3. The highest BCUT2D eigenvalue weighted by atomic mass is 35.5. The van der Waals surface area contributed by atoms with Crippen molar-refractivity contribution in [2.45, 2.75) is 39.5 Å². The maximum atomic E-state index is 12.9. The van der Waals surface area contributed by atoms with Crippen molar-refractivity contribution in [1.82, 2.24) is 14.5 Å². The quantitative estimate of drug-likeness (QED) is 0.469. The first-order valence-corrected chi connectivity index (χ1v) is 10.7. The lowest BCUT2D eigenvalue weighted by Gasteiger charge is -2.10. The van der Waals surface area contributed by atoms with Gasteiger partial charge in [0.15, 0.2) is 0 Å². The second kappa shape index (κ2) is 6.61. The summed E-state index contributed by atoms with van der Waals surface area (Å²) in [6.45, 7) is 4.12. The fraction of sp³-hybridized carbons (Fsp3) is 0.273. The molecule has 0 saturated heterocycles. The number of rotatable bonds is 2. The predicted octanol–water partition coefficient (Wildman–Crippen LogP) is 5.59. The van der Waals surface area contributed by atoms with Crippen molar-refractivity contribution in [3.8, 4) is 17.1 Å². The van der Waals surface area contributed by atoms with E-state index < -0.39 is 0 Å². The molecule has 28 heavy (non-hydrogen) atoms. The Bertz CT molecular complexity index is 1260. The molecular formula is C22H20ClN3OS. The van der Waals surface area contributed by atoms with Crippen LogP contribution < -0.4 is 5.56 Å². The van der Waals surface area contributed by atoms with E-state index in [0.29, 0.717) is 10.8 Å². The van der Waals surface area contributed by atoms with E-state index in [1.54, 1.807) is 11.3 Å². The molecule has 0 atom stereocenters. The predicted molar refractivity (Wildman–Crippen MR) is 116 cm³/mol. The lowest BCUT2D eigenvalue weighted by atomic mass is 9.97. The molecule has 1 aromatic carbocycles. The SMILES string of the molecule is Cc1cc(-c2nc3sc4c(c3c(=O)[nH]2)CCCC4)c(C)n1-c1ccc(Cl)cc1. The molecule has 0 saturated carbocycles. The van der Waals surface area contributed by atoms with E-state index >= 15 is 0 Å². The molecule has 0 spiro atoms. The molecule has 0 amide bonds. The zero-order chi connectivity index (χ0) is 19.4. The lowest BCUT2D eigenvalue weighted by molar-refractivity contribution is 0.700. The molecular weight excluding hydrogens is 390 g/mol. The standard InChI is InChI=1S/C22H20ClN3OS/c1-12-11-17(13(2)26(12)15-9-7-14(23)8-10-15)20-24-21(27)19-16-5-3-4-6-18(16)28-22(19)25-20/h7-11H,3-6H2,1-2H3,(H,24,25,27). The van der Waals surface area contributed by atoms with E-state index in [0.717, 1.165) is 52.1 Å². The molecule has 0 aliphatic heterocycles. The Morgan fingerprint density at radius 3 is 2.68 bits per heavy atom. The van der Waals surface area contributed by atoms with Crippen molar-refractivity contribution in [2.24, 2.45) is 0 Å². The van der Waals surface area contributed by atoms with Crippen molar-refractivity contribution in [3.05, 3.63) is 67.5 Å². The molecule has 0 bridgehead atoms. The number of hydrogen-bond acceptors (Lipinski definition) is 3. The maximum absolute atomic E-state index is 12.9. The van der Waals surface area contributed by atoms with Crippen molar-refractivity contribution < 1.29 is 0 Å². The third-order valence-electron chi connectivity index (χ3n) is 5.60. The fourth-order valence-electron chi connectivity index (χ4n) is 4.28. The summed E-state index contributed by atoms with van der Waals surface area (Å²) in [7, 11) is 0. The van der Waals surface area contributed by atoms with Gasteiger partial charge in [-0.3, -0.25) is 4.79 Å². The Kier molecular flexibility index (Phi) is 4.18. The van der Waals surface area contributed by atoms with Crippen LogP contribution >= 0.6 is 22.9 Å². The summed E-state index contributed by atoms with van der Waals surface area (Å²) in [4.78, 5) is 23.0. The number of aromatic amines is 1. The van der Waals surface area contributed by atoms with Gasteiger partial charge >= 0.3 is 0 Å². The Morgan fingerprint density at radius 1 is 1.14 bits per heavy atom. The van der Waals surface area contributed by atoms with Crippen LogP contribution in [0.1, 0.15) is 34.7 Å². The van der Waals surface area contributed by atoms with Crippen molar-refractivity contribution >= 4 is 33.2 Å². The Hall–Kier alpha value is -2.37. The molecule has 3 aromatic heterocycles. The monoisotopic (exact) mass is 409 g/mol. The summed E-state index contributed by atoms with van der Waals surface area (Å²) in [5, 5.41) is 1.51. The molecule has 4 nitrogen and oxygen atoms in total. The van der Waals surface area contributed by atoms with Gasteiger partial charge in [0.2, 0.25) is 0 Å². The van der Waals surface area contributed by atoms with Gasteiger partial charge in [0.05, 0.1) is 5.39 Å². The van der Waals surface area contributed by atoms with Crippen LogP contribution in [0.5, 0.6) is 0 Å². The first kappa shape index (κ1) is 17.7. The van der Waals surface area contributed by atoms with Gasteiger partial charge in [-0.25, -0.2) is 4.98 Å². The number of nitrogens with one attached hydrogen (secondary N) is 1. The summed E-state index contributed by atoms with van der Waals surface area (Å²) >= 11 is 7.72. The number of H-pyrrole nitrogens is 1. The van der Waals surface area contributed by atoms with Crippen LogP contribution in [0.15, 0.2) is 35.1 Å². The summed E-state index contributed by atoms with van der Waals surface area (Å²) in [5.41, 5.74) is 5.33. The van der Waals surface area contributed by atoms with E-state index in [4.69, 9.17) is 16.6 Å². The highest BCUT2D eigenvalue weighted by Crippen LogP contribution is 2.35. The van der Waals surface area contributed by atoms with Gasteiger partial charge in [0, 0.05) is 32.5 Å². The molecule has 0 fully saturated rings. The smallest absolute Gasteiger partial charge is 0.260 e. The first-order chi connectivity index (χ1) is 13.5. The molecule has 142 valence electrons. The Morgan fingerprint density at radius 2 is 1.89 bits per heavy atom. The maximum Gasteiger partial charge on any atom is 0.260 e. The van der Waals surface area contributed by atoms with Gasteiger partial charge in [-0.2, -0.15) is 0 Å². The molecule has 6 heteroatoms. The number of aryl methyl sites for hydroxylation is 3. The second-order valence-corrected chi connectivity index (χ2v) is 8.92. The van der Waals surface area contributed by atoms with E-state index in [1.165, 1.54) is 16.9 Å². The van der Waals surface area contributed by atoms with Crippen LogP contribution in [0.25, 0.3) is 27.3 Å². The third-order valence-corrected chi connectivity index (χ3v) is 7.03. The van der Waals surface area contributed by atoms with Crippen LogP contribution in [0.2, 0.25) is 5.02 Å². The topological polar surface area (TPSA) is 50.7 Å². The number of nitrogens with zero attached hydrogens (tertiary/aromatic N) is 2. The third kappa shape index (κ3) is 2.73. The van der Waals surface area contributed by atoms with Crippen molar-refractivity contribution in [1.29, 1.82) is 0 Å². The van der Waals surface area contributed by atoms with Crippen LogP contribution in [0.3, 0.4) is 0 Å². The van der Waals surface area contributed by atoms with Crippen molar-refractivity contribution in [2.75, 3.05) is 0 Å². The lowest BCUT2D eigenvalue weighted by Crippen LogP contribution is -2.11. The van der Waals surface area contributed by atoms with Crippen LogP contribution in [-0.2, 0) is 12.8 Å². The minimum atomic E-state index is -0.0179. The van der Waals surface area contributed by atoms with E-state index in [-0.39, 0.29) is 5.56 Å². The summed E-state index contributed by atoms with van der Waals surface area (Å²) in [5.74, 6) is 0.643. The molecule has 0 unspecified atom stereocenters. The summed E-state index contributed by atoms with van der Waals surface area (Å²) in [6.07, 6.45) is 4.41. The molecule has 3 heterocycles. The number of benzene rings is 1. The van der Waals surface area contributed by atoms with Gasteiger partial charge in [-0.15, -0.1) is 11.3 Å². The van der Waals surface area contributed by atoms with Crippen LogP contribution in [0.4, 0.5) is 0 Å². The number of fused-ring (bicyclic) bond motifs is 3. The minimum Gasteiger partial charge on any atom is -0.318 e. The largest absolute Gasteiger partial charge is 0.318 e. The van der Waals surface area contributed by atoms with Crippen molar-refractivity contribution in [3.63, 3.8) is 0 Å². The highest BCUT2D eigenvalue weighted by Gasteiger charge is 2.21. The normalized spacial score (nSPS) is 13.8. The Labute approximate surface area is 171 Å². The highest BCUT2D eigenvalue weighted by molar-refractivity contribution is 7.18. The summed E-state index contributed by atoms with van der Waals surface area (Å²) < 4.78 is 2.16. The van der Waals surface area contributed by atoms with Gasteiger partial charge in [0.1, 0.15) is 10.7 Å². The minimum absolute atomic E-state index is 0.0179. The number of hydrogen-bond donors (Lipinski definition) is 1. The van der Waals surface area contributed by atoms with Gasteiger partial charge in [-0.05, 0) is 75.4 Å². The first-order valence-electron chi connectivity index (χ1n) is 9.53. The molecule has 1 N–H and O–H groups in total. The van der Waals surface area contributed by atoms with Gasteiger partial charge in [-0.1, -0.05) is 11.6 Å². The zero-order valence-corrected chi connectivity index (χ0v) is 17.4. The van der Waals surface area contributed by atoms with Crippen LogP contribution in [0, 0.1) is 13.8 Å². The average molecular weight is 410 g/mol. The number of thiophene rings is 1. The van der Waals surface area contributed by atoms with E-state index in [2.05, 4.69) is 29.5 Å². The molecule has 4 aromatic rings. The van der Waals surface area contributed by atoms with Gasteiger partial charge in [0.25, 0.3) is 5.56 Å². The van der Waals surface area contributed by atoms with Gasteiger partial charge < -0.3 is 9.55 Å². The zero-order valence-electron chi connectivity index (χ0n) is 15.8. The molecule has 1 aliphatic rings. The van der Waals surface area contributed by atoms with Crippen LogP contribution in [-0.4, -0.2) is 14.5 Å². The molecule has 1 aliphatic carbocycles. The Balaban J connectivity index is 1.68. The van der Waals surface area contributed by atoms with E-state index in [1.807, 2.05) is 24.3 Å². The second-order valence-electron chi connectivity index (χ2n) is 7.40. The fourth-order valence-corrected chi connectivity index (χ4v) is 5.67. The van der Waals surface area contributed by atoms with E-state index in [9.17, 15) is 4.79 Å². The molecule has 0 radical (unpaired) electrons. The average Bonchev–Trinajstić information content (AvgIpc) is 3.20. The number of halogens is 1.